The fraction of sp³-hybridized carbons (Fsp3) is 0.556. The van der Waals surface area contributed by atoms with Crippen molar-refractivity contribution in [1.82, 2.24) is 0 Å². The summed E-state index contributed by atoms with van der Waals surface area (Å²) >= 11 is 1.71. The van der Waals surface area contributed by atoms with Gasteiger partial charge in [-0.1, -0.05) is 0 Å². The predicted molar refractivity (Wildman–Crippen MR) is 50.3 cm³/mol. The van der Waals surface area contributed by atoms with Crippen LogP contribution < -0.4 is 5.73 Å². The molecule has 1 fully saturated rings. The average Bonchev–Trinajstić information content (AvgIpc) is 2.59. The topological polar surface area (TPSA) is 46.2 Å². The molecule has 0 aromatic carbocycles. The maximum absolute atomic E-state index is 9.15. The highest BCUT2D eigenvalue weighted by atomic mass is 32.1. The van der Waals surface area contributed by atoms with E-state index < -0.39 is 0 Å². The zero-order valence-corrected chi connectivity index (χ0v) is 7.68. The second-order valence-corrected chi connectivity index (χ2v) is 4.32. The molecule has 1 heterocycles. The molecule has 12 heavy (non-hydrogen) atoms. The monoisotopic (exact) mass is 183 g/mol. The van der Waals surface area contributed by atoms with E-state index in [0.717, 1.165) is 6.42 Å². The summed E-state index contributed by atoms with van der Waals surface area (Å²) in [6.45, 7) is 0.827. The minimum atomic E-state index is 0.0150. The first kappa shape index (κ1) is 8.23. The molecule has 1 aromatic rings. The molecule has 1 aliphatic rings. The Morgan fingerprint density at radius 1 is 1.75 bits per heavy atom. The summed E-state index contributed by atoms with van der Waals surface area (Å²) < 4.78 is 0. The van der Waals surface area contributed by atoms with Gasteiger partial charge in [-0.15, -0.1) is 0 Å². The van der Waals surface area contributed by atoms with E-state index in [1.165, 1.54) is 5.56 Å². The van der Waals surface area contributed by atoms with E-state index >= 15 is 0 Å². The Morgan fingerprint density at radius 2 is 2.58 bits per heavy atom. The highest BCUT2D eigenvalue weighted by molar-refractivity contribution is 7.08. The molecule has 2 nitrogen and oxygen atoms in total. The van der Waals surface area contributed by atoms with E-state index in [4.69, 9.17) is 10.8 Å². The molecule has 0 spiro atoms. The van der Waals surface area contributed by atoms with Crippen LogP contribution in [0.15, 0.2) is 16.8 Å². The van der Waals surface area contributed by atoms with Crippen molar-refractivity contribution < 1.29 is 5.11 Å². The molecule has 66 valence electrons. The number of aliphatic hydroxyl groups is 1. The highest BCUT2D eigenvalue weighted by Crippen LogP contribution is 2.58. The fourth-order valence-corrected chi connectivity index (χ4v) is 2.47. The molecular formula is C9H13NOS. The molecular weight excluding hydrogens is 170 g/mol. The van der Waals surface area contributed by atoms with Gasteiger partial charge in [-0.2, -0.15) is 11.3 Å². The van der Waals surface area contributed by atoms with Crippen LogP contribution in [0, 0.1) is 5.41 Å². The smallest absolute Gasteiger partial charge is 0.0505 e. The largest absolute Gasteiger partial charge is 0.396 e. The number of thiophene rings is 1. The van der Waals surface area contributed by atoms with Gasteiger partial charge in [0.15, 0.2) is 0 Å². The molecule has 3 heteroatoms. The Morgan fingerprint density at radius 3 is 3.00 bits per heavy atom. The second kappa shape index (κ2) is 2.83. The standard InChI is InChI=1S/C9H13NOS/c10-5-9(6-11)3-8(9)7-1-2-12-4-7/h1-2,4,8,11H,3,5-6,10H2/t8-,9+/m1/s1. The first-order chi connectivity index (χ1) is 5.82. The van der Waals surface area contributed by atoms with Crippen molar-refractivity contribution >= 4 is 11.3 Å². The summed E-state index contributed by atoms with van der Waals surface area (Å²) in [5, 5.41) is 13.4. The zero-order chi connectivity index (χ0) is 8.60. The normalized spacial score (nSPS) is 33.7. The van der Waals surface area contributed by atoms with Crippen molar-refractivity contribution in [1.29, 1.82) is 0 Å². The number of nitrogens with two attached hydrogens (primary N) is 1. The summed E-state index contributed by atoms with van der Waals surface area (Å²) in [6.07, 6.45) is 1.05. The summed E-state index contributed by atoms with van der Waals surface area (Å²) in [7, 11) is 0. The predicted octanol–water partition coefficient (Wildman–Crippen LogP) is 1.17. The molecule has 0 amide bonds. The van der Waals surface area contributed by atoms with Gasteiger partial charge in [0, 0.05) is 12.0 Å². The van der Waals surface area contributed by atoms with Crippen molar-refractivity contribution in [3.05, 3.63) is 22.4 Å². The molecule has 0 radical (unpaired) electrons. The summed E-state index contributed by atoms with van der Waals surface area (Å²) in [5.74, 6) is 0.513. The second-order valence-electron chi connectivity index (χ2n) is 3.54. The van der Waals surface area contributed by atoms with Crippen LogP contribution in [0.1, 0.15) is 17.9 Å². The van der Waals surface area contributed by atoms with Crippen molar-refractivity contribution in [3.8, 4) is 0 Å². The van der Waals surface area contributed by atoms with Gasteiger partial charge in [0.05, 0.1) is 6.61 Å². The van der Waals surface area contributed by atoms with Crippen LogP contribution in [0.4, 0.5) is 0 Å². The van der Waals surface area contributed by atoms with E-state index in [2.05, 4.69) is 16.8 Å². The van der Waals surface area contributed by atoms with Gasteiger partial charge < -0.3 is 10.8 Å². The van der Waals surface area contributed by atoms with Crippen LogP contribution in [-0.4, -0.2) is 18.3 Å². The van der Waals surface area contributed by atoms with Gasteiger partial charge in [0.25, 0.3) is 0 Å². The molecule has 0 bridgehead atoms. The van der Waals surface area contributed by atoms with E-state index in [0.29, 0.717) is 12.5 Å². The Balaban J connectivity index is 2.12. The lowest BCUT2D eigenvalue weighted by Gasteiger charge is -2.09. The van der Waals surface area contributed by atoms with Crippen LogP contribution in [0.25, 0.3) is 0 Å². The fourth-order valence-electron chi connectivity index (χ4n) is 1.76. The first-order valence-corrected chi connectivity index (χ1v) is 5.10. The van der Waals surface area contributed by atoms with E-state index in [-0.39, 0.29) is 12.0 Å². The minimum absolute atomic E-state index is 0.0150. The van der Waals surface area contributed by atoms with Gasteiger partial charge in [-0.05, 0) is 34.7 Å². The minimum Gasteiger partial charge on any atom is -0.396 e. The highest BCUT2D eigenvalue weighted by Gasteiger charge is 2.53. The zero-order valence-electron chi connectivity index (χ0n) is 6.86. The van der Waals surface area contributed by atoms with Crippen molar-refractivity contribution in [2.24, 2.45) is 11.1 Å². The lowest BCUT2D eigenvalue weighted by molar-refractivity contribution is 0.212. The molecule has 0 saturated heterocycles. The number of hydrogen-bond donors (Lipinski definition) is 2. The summed E-state index contributed by atoms with van der Waals surface area (Å²) in [6, 6.07) is 2.13. The van der Waals surface area contributed by atoms with Crippen LogP contribution in [0.3, 0.4) is 0 Å². The number of aliphatic hydroxyl groups excluding tert-OH is 1. The van der Waals surface area contributed by atoms with E-state index in [1.807, 2.05) is 0 Å². The molecule has 0 aliphatic heterocycles. The van der Waals surface area contributed by atoms with Gasteiger partial charge in [-0.25, -0.2) is 0 Å². The Kier molecular flexibility index (Phi) is 1.94. The summed E-state index contributed by atoms with van der Waals surface area (Å²) in [4.78, 5) is 0. The lowest BCUT2D eigenvalue weighted by Crippen LogP contribution is -2.21. The van der Waals surface area contributed by atoms with Gasteiger partial charge in [-0.3, -0.25) is 0 Å². The first-order valence-electron chi connectivity index (χ1n) is 4.15. The molecule has 2 atom stereocenters. The van der Waals surface area contributed by atoms with Gasteiger partial charge >= 0.3 is 0 Å². The SMILES string of the molecule is NC[C@]1(CO)C[C@@H]1c1ccsc1. The third kappa shape index (κ3) is 1.09. The maximum atomic E-state index is 9.15. The Hall–Kier alpha value is -0.380. The molecule has 0 unspecified atom stereocenters. The van der Waals surface area contributed by atoms with Crippen molar-refractivity contribution in [3.63, 3.8) is 0 Å². The van der Waals surface area contributed by atoms with Crippen molar-refractivity contribution in [2.45, 2.75) is 12.3 Å². The molecule has 1 aromatic heterocycles. The van der Waals surface area contributed by atoms with Crippen LogP contribution in [0.2, 0.25) is 0 Å². The van der Waals surface area contributed by atoms with Crippen molar-refractivity contribution in [2.75, 3.05) is 13.2 Å². The van der Waals surface area contributed by atoms with Gasteiger partial charge in [0.2, 0.25) is 0 Å². The third-order valence-corrected chi connectivity index (χ3v) is 3.56. The molecule has 3 N–H and O–H groups in total. The quantitative estimate of drug-likeness (QED) is 0.739. The number of hydrogen-bond acceptors (Lipinski definition) is 3. The van der Waals surface area contributed by atoms with E-state index in [1.54, 1.807) is 11.3 Å². The molecule has 1 saturated carbocycles. The maximum Gasteiger partial charge on any atom is 0.0505 e. The van der Waals surface area contributed by atoms with Crippen LogP contribution in [-0.2, 0) is 0 Å². The Labute approximate surface area is 76.0 Å². The van der Waals surface area contributed by atoms with Crippen LogP contribution >= 0.6 is 11.3 Å². The molecule has 1 aliphatic carbocycles. The lowest BCUT2D eigenvalue weighted by atomic mass is 10.0. The Bertz CT molecular complexity index is 254. The number of rotatable bonds is 3. The summed E-state index contributed by atoms with van der Waals surface area (Å²) in [5.41, 5.74) is 6.98. The van der Waals surface area contributed by atoms with E-state index in [9.17, 15) is 0 Å². The average molecular weight is 183 g/mol. The molecule has 2 rings (SSSR count). The van der Waals surface area contributed by atoms with Crippen LogP contribution in [0.5, 0.6) is 0 Å². The third-order valence-electron chi connectivity index (χ3n) is 2.86. The van der Waals surface area contributed by atoms with Gasteiger partial charge in [0.1, 0.15) is 0 Å².